The molecule has 0 bridgehead atoms. The molecular weight excluding hydrogens is 477 g/mol. The van der Waals surface area contributed by atoms with Crippen molar-refractivity contribution in [2.24, 2.45) is 4.99 Å². The summed E-state index contributed by atoms with van der Waals surface area (Å²) >= 11 is 5.87. The first-order chi connectivity index (χ1) is 11.4. The molecule has 0 unspecified atom stereocenters. The standard InChI is InChI=1S/C16H24ClN3O3S.HI/c1-18-15(19-11-13-3-5-14(17)6-4-13)20-12-16(24(2,21)22)7-9-23-10-8-16;/h3-6H,7-12H2,1-2H3,(H2,18,19,20);1H. The predicted octanol–water partition coefficient (Wildman–Crippen LogP) is 2.22. The monoisotopic (exact) mass is 501 g/mol. The first-order valence-corrected chi connectivity index (χ1v) is 10.1. The average molecular weight is 502 g/mol. The van der Waals surface area contributed by atoms with Crippen molar-refractivity contribution in [1.29, 1.82) is 0 Å². The van der Waals surface area contributed by atoms with E-state index in [0.717, 1.165) is 5.56 Å². The maximum Gasteiger partial charge on any atom is 0.191 e. The lowest BCUT2D eigenvalue weighted by Crippen LogP contribution is -2.53. The minimum Gasteiger partial charge on any atom is -0.381 e. The molecule has 0 spiro atoms. The molecule has 2 N–H and O–H groups in total. The van der Waals surface area contributed by atoms with Crippen LogP contribution in [0.3, 0.4) is 0 Å². The Bertz CT molecular complexity index is 674. The van der Waals surface area contributed by atoms with Crippen LogP contribution in [0.4, 0.5) is 0 Å². The number of halogens is 2. The first kappa shape index (κ1) is 22.5. The fraction of sp³-hybridized carbons (Fsp3) is 0.562. The van der Waals surface area contributed by atoms with Crippen LogP contribution in [0, 0.1) is 0 Å². The van der Waals surface area contributed by atoms with Crippen molar-refractivity contribution >= 4 is 51.4 Å². The summed E-state index contributed by atoms with van der Waals surface area (Å²) in [7, 11) is -1.54. The van der Waals surface area contributed by atoms with E-state index in [1.165, 1.54) is 6.26 Å². The number of ether oxygens (including phenoxy) is 1. The van der Waals surface area contributed by atoms with Gasteiger partial charge >= 0.3 is 0 Å². The van der Waals surface area contributed by atoms with E-state index in [4.69, 9.17) is 16.3 Å². The minimum absolute atomic E-state index is 0. The molecule has 1 aromatic carbocycles. The summed E-state index contributed by atoms with van der Waals surface area (Å²) in [4.78, 5) is 4.16. The molecule has 1 aliphatic rings. The number of benzene rings is 1. The number of rotatable bonds is 5. The van der Waals surface area contributed by atoms with E-state index in [-0.39, 0.29) is 24.0 Å². The third kappa shape index (κ3) is 6.26. The minimum atomic E-state index is -3.20. The summed E-state index contributed by atoms with van der Waals surface area (Å²) in [6.45, 7) is 1.82. The molecular formula is C16H25ClIN3O3S. The zero-order chi connectivity index (χ0) is 17.6. The third-order valence-electron chi connectivity index (χ3n) is 4.37. The van der Waals surface area contributed by atoms with E-state index in [2.05, 4.69) is 15.6 Å². The van der Waals surface area contributed by atoms with E-state index in [1.54, 1.807) is 7.05 Å². The number of sulfone groups is 1. The molecule has 0 amide bonds. The molecule has 0 radical (unpaired) electrons. The second kappa shape index (κ2) is 9.94. The second-order valence-corrected chi connectivity index (χ2v) is 8.82. The van der Waals surface area contributed by atoms with Crippen molar-refractivity contribution in [2.45, 2.75) is 24.1 Å². The summed E-state index contributed by atoms with van der Waals surface area (Å²) < 4.78 is 29.0. The molecule has 1 aliphatic heterocycles. The third-order valence-corrected chi connectivity index (χ3v) is 6.74. The van der Waals surface area contributed by atoms with Crippen LogP contribution in [0.15, 0.2) is 29.3 Å². The lowest BCUT2D eigenvalue weighted by atomic mass is 9.99. The highest BCUT2D eigenvalue weighted by molar-refractivity contribution is 14.0. The molecule has 1 heterocycles. The Morgan fingerprint density at radius 3 is 2.36 bits per heavy atom. The van der Waals surface area contributed by atoms with E-state index < -0.39 is 14.6 Å². The van der Waals surface area contributed by atoms with Gasteiger partial charge in [0.1, 0.15) is 0 Å². The Kier molecular flexibility index (Phi) is 8.93. The van der Waals surface area contributed by atoms with Gasteiger partial charge in [-0.05, 0) is 30.5 Å². The Morgan fingerprint density at radius 1 is 1.24 bits per heavy atom. The highest BCUT2D eigenvalue weighted by atomic mass is 127. The molecule has 0 aliphatic carbocycles. The van der Waals surface area contributed by atoms with E-state index in [0.29, 0.717) is 50.1 Å². The molecule has 1 saturated heterocycles. The number of nitrogens with zero attached hydrogens (tertiary/aromatic N) is 1. The van der Waals surface area contributed by atoms with Crippen molar-refractivity contribution in [3.05, 3.63) is 34.9 Å². The topological polar surface area (TPSA) is 79.8 Å². The first-order valence-electron chi connectivity index (χ1n) is 7.83. The molecule has 25 heavy (non-hydrogen) atoms. The Balaban J connectivity index is 0.00000312. The van der Waals surface area contributed by atoms with Crippen LogP contribution in [0.25, 0.3) is 0 Å². The highest BCUT2D eigenvalue weighted by Gasteiger charge is 2.42. The Labute approximate surface area is 171 Å². The van der Waals surface area contributed by atoms with Crippen molar-refractivity contribution < 1.29 is 13.2 Å². The number of nitrogens with one attached hydrogen (secondary N) is 2. The zero-order valence-electron chi connectivity index (χ0n) is 14.4. The molecule has 1 aromatic rings. The molecule has 0 atom stereocenters. The van der Waals surface area contributed by atoms with Crippen LogP contribution >= 0.6 is 35.6 Å². The fourth-order valence-electron chi connectivity index (χ4n) is 2.68. The van der Waals surface area contributed by atoms with Crippen LogP contribution in [0.1, 0.15) is 18.4 Å². The highest BCUT2D eigenvalue weighted by Crippen LogP contribution is 2.28. The van der Waals surface area contributed by atoms with Crippen molar-refractivity contribution in [1.82, 2.24) is 10.6 Å². The smallest absolute Gasteiger partial charge is 0.191 e. The van der Waals surface area contributed by atoms with Gasteiger partial charge in [-0.2, -0.15) is 0 Å². The Morgan fingerprint density at radius 2 is 1.84 bits per heavy atom. The molecule has 0 saturated carbocycles. The van der Waals surface area contributed by atoms with Gasteiger partial charge in [0.05, 0.1) is 4.75 Å². The molecule has 9 heteroatoms. The van der Waals surface area contributed by atoms with Crippen LogP contribution < -0.4 is 10.6 Å². The summed E-state index contributed by atoms with van der Waals surface area (Å²) in [6.07, 6.45) is 2.28. The van der Waals surface area contributed by atoms with Gasteiger partial charge in [0.15, 0.2) is 15.8 Å². The largest absolute Gasteiger partial charge is 0.381 e. The number of hydrogen-bond acceptors (Lipinski definition) is 4. The van der Waals surface area contributed by atoms with E-state index in [1.807, 2.05) is 24.3 Å². The number of hydrogen-bond donors (Lipinski definition) is 2. The molecule has 6 nitrogen and oxygen atoms in total. The van der Waals surface area contributed by atoms with Gasteiger partial charge in [-0.15, -0.1) is 24.0 Å². The summed E-state index contributed by atoms with van der Waals surface area (Å²) in [5.41, 5.74) is 1.06. The van der Waals surface area contributed by atoms with E-state index in [9.17, 15) is 8.42 Å². The molecule has 0 aromatic heterocycles. The van der Waals surface area contributed by atoms with Gasteiger partial charge < -0.3 is 15.4 Å². The lowest BCUT2D eigenvalue weighted by Gasteiger charge is -2.35. The van der Waals surface area contributed by atoms with Gasteiger partial charge in [-0.1, -0.05) is 23.7 Å². The number of aliphatic imine (C=N–C) groups is 1. The maximum atomic E-state index is 12.3. The van der Waals surface area contributed by atoms with Gasteiger partial charge in [0.25, 0.3) is 0 Å². The van der Waals surface area contributed by atoms with Gasteiger partial charge in [-0.25, -0.2) is 8.42 Å². The maximum absolute atomic E-state index is 12.3. The average Bonchev–Trinajstić information content (AvgIpc) is 2.56. The molecule has 2 rings (SSSR count). The quantitative estimate of drug-likeness (QED) is 0.367. The summed E-state index contributed by atoms with van der Waals surface area (Å²) in [5.74, 6) is 0.569. The van der Waals surface area contributed by atoms with Crippen molar-refractivity contribution in [2.75, 3.05) is 33.1 Å². The van der Waals surface area contributed by atoms with Gasteiger partial charge in [-0.3, -0.25) is 4.99 Å². The molecule has 1 fully saturated rings. The summed E-state index contributed by atoms with van der Waals surface area (Å²) in [6, 6.07) is 7.52. The van der Waals surface area contributed by atoms with Crippen molar-refractivity contribution in [3.8, 4) is 0 Å². The number of guanidine groups is 1. The fourth-order valence-corrected chi connectivity index (χ4v) is 4.04. The van der Waals surface area contributed by atoms with Crippen LogP contribution in [-0.2, 0) is 21.1 Å². The Hall–Kier alpha value is -0.580. The second-order valence-electron chi connectivity index (χ2n) is 5.97. The lowest BCUT2D eigenvalue weighted by molar-refractivity contribution is 0.0756. The SMILES string of the molecule is CN=C(NCc1ccc(Cl)cc1)NCC1(S(C)(=O)=O)CCOCC1.I. The van der Waals surface area contributed by atoms with Crippen LogP contribution in [0.2, 0.25) is 5.02 Å². The van der Waals surface area contributed by atoms with Gasteiger partial charge in [0, 0.05) is 44.6 Å². The van der Waals surface area contributed by atoms with Crippen LogP contribution in [-0.4, -0.2) is 52.2 Å². The van der Waals surface area contributed by atoms with Gasteiger partial charge in [0.2, 0.25) is 0 Å². The normalized spacial score (nSPS) is 17.5. The zero-order valence-corrected chi connectivity index (χ0v) is 18.3. The van der Waals surface area contributed by atoms with E-state index >= 15 is 0 Å². The summed E-state index contributed by atoms with van der Waals surface area (Å²) in [5, 5.41) is 7.02. The predicted molar refractivity (Wildman–Crippen MR) is 113 cm³/mol. The van der Waals surface area contributed by atoms with Crippen LogP contribution in [0.5, 0.6) is 0 Å². The molecule has 142 valence electrons. The van der Waals surface area contributed by atoms with Crippen molar-refractivity contribution in [3.63, 3.8) is 0 Å².